The maximum atomic E-state index is 11.6. The SMILES string of the molecule is CCOC(=O)/C(C)=C1\C=Cc2cc(C)ccc2O1. The molecule has 0 fully saturated rings. The van der Waals surface area contributed by atoms with Gasteiger partial charge in [0.15, 0.2) is 0 Å². The van der Waals surface area contributed by atoms with E-state index < -0.39 is 0 Å². The van der Waals surface area contributed by atoms with Crippen molar-refractivity contribution in [1.82, 2.24) is 0 Å². The Morgan fingerprint density at radius 2 is 2.11 bits per heavy atom. The van der Waals surface area contributed by atoms with E-state index in [9.17, 15) is 4.79 Å². The zero-order valence-electron chi connectivity index (χ0n) is 10.8. The average Bonchev–Trinajstić information content (AvgIpc) is 2.37. The van der Waals surface area contributed by atoms with E-state index >= 15 is 0 Å². The second kappa shape index (κ2) is 5.08. The Labute approximate surface area is 107 Å². The first-order chi connectivity index (χ1) is 8.61. The minimum atomic E-state index is -0.340. The van der Waals surface area contributed by atoms with Crippen molar-refractivity contribution in [3.8, 4) is 5.75 Å². The minimum absolute atomic E-state index is 0.340. The summed E-state index contributed by atoms with van der Waals surface area (Å²) in [5.41, 5.74) is 2.69. The molecule has 0 bridgehead atoms. The van der Waals surface area contributed by atoms with Crippen LogP contribution in [-0.2, 0) is 9.53 Å². The Bertz CT molecular complexity index is 539. The number of aryl methyl sites for hydroxylation is 1. The standard InChI is InChI=1S/C15H16O3/c1-4-17-15(16)11(3)13-8-6-12-9-10(2)5-7-14(12)18-13/h5-9H,4H2,1-3H3/b13-11+. The van der Waals surface area contributed by atoms with E-state index in [2.05, 4.69) is 0 Å². The predicted octanol–water partition coefficient (Wildman–Crippen LogP) is 3.24. The van der Waals surface area contributed by atoms with Crippen molar-refractivity contribution in [2.24, 2.45) is 0 Å². The van der Waals surface area contributed by atoms with Crippen LogP contribution in [0.25, 0.3) is 6.08 Å². The van der Waals surface area contributed by atoms with Crippen LogP contribution < -0.4 is 4.74 Å². The fraction of sp³-hybridized carbons (Fsp3) is 0.267. The van der Waals surface area contributed by atoms with Gasteiger partial charge in [0.2, 0.25) is 0 Å². The summed E-state index contributed by atoms with van der Waals surface area (Å²) in [7, 11) is 0. The van der Waals surface area contributed by atoms with Gasteiger partial charge in [-0.1, -0.05) is 11.6 Å². The summed E-state index contributed by atoms with van der Waals surface area (Å²) < 4.78 is 10.7. The number of carbonyl (C=O) groups excluding carboxylic acids is 1. The van der Waals surface area contributed by atoms with Gasteiger partial charge in [0.25, 0.3) is 0 Å². The summed E-state index contributed by atoms with van der Waals surface area (Å²) in [5, 5.41) is 0. The van der Waals surface area contributed by atoms with Crippen molar-refractivity contribution in [2.45, 2.75) is 20.8 Å². The number of hydrogen-bond donors (Lipinski definition) is 0. The summed E-state index contributed by atoms with van der Waals surface area (Å²) >= 11 is 0. The van der Waals surface area contributed by atoms with Crippen LogP contribution in [0.2, 0.25) is 0 Å². The van der Waals surface area contributed by atoms with Gasteiger partial charge in [0, 0.05) is 5.56 Å². The monoisotopic (exact) mass is 244 g/mol. The summed E-state index contributed by atoms with van der Waals surface area (Å²) in [4.78, 5) is 11.6. The third-order valence-corrected chi connectivity index (χ3v) is 2.75. The largest absolute Gasteiger partial charge is 0.463 e. The van der Waals surface area contributed by atoms with E-state index in [1.807, 2.05) is 31.2 Å². The second-order valence-electron chi connectivity index (χ2n) is 4.19. The van der Waals surface area contributed by atoms with E-state index in [4.69, 9.17) is 9.47 Å². The molecular formula is C15H16O3. The Balaban J connectivity index is 2.30. The van der Waals surface area contributed by atoms with Crippen molar-refractivity contribution in [3.63, 3.8) is 0 Å². The van der Waals surface area contributed by atoms with Gasteiger partial charge in [-0.25, -0.2) is 4.79 Å². The van der Waals surface area contributed by atoms with Crippen molar-refractivity contribution < 1.29 is 14.3 Å². The second-order valence-corrected chi connectivity index (χ2v) is 4.19. The first-order valence-corrected chi connectivity index (χ1v) is 5.96. The van der Waals surface area contributed by atoms with Gasteiger partial charge in [-0.15, -0.1) is 0 Å². The minimum Gasteiger partial charge on any atom is -0.463 e. The molecule has 18 heavy (non-hydrogen) atoms. The lowest BCUT2D eigenvalue weighted by molar-refractivity contribution is -0.138. The molecule has 0 aromatic heterocycles. The van der Waals surface area contributed by atoms with E-state index in [1.165, 1.54) is 5.56 Å². The van der Waals surface area contributed by atoms with E-state index in [0.29, 0.717) is 17.9 Å². The van der Waals surface area contributed by atoms with E-state index in [-0.39, 0.29) is 5.97 Å². The van der Waals surface area contributed by atoms with Gasteiger partial charge < -0.3 is 9.47 Å². The van der Waals surface area contributed by atoms with Crippen molar-refractivity contribution in [1.29, 1.82) is 0 Å². The van der Waals surface area contributed by atoms with Crippen molar-refractivity contribution in [3.05, 3.63) is 46.7 Å². The summed E-state index contributed by atoms with van der Waals surface area (Å²) in [5.74, 6) is 0.972. The molecular weight excluding hydrogens is 228 g/mol. The first kappa shape index (κ1) is 12.4. The normalized spacial score (nSPS) is 15.7. The third kappa shape index (κ3) is 2.45. The molecule has 3 heteroatoms. The van der Waals surface area contributed by atoms with Gasteiger partial charge in [0.05, 0.1) is 12.2 Å². The Kier molecular flexibility index (Phi) is 3.51. The molecule has 1 aromatic rings. The lowest BCUT2D eigenvalue weighted by atomic mass is 10.1. The fourth-order valence-electron chi connectivity index (χ4n) is 1.75. The number of allylic oxidation sites excluding steroid dienone is 1. The zero-order valence-corrected chi connectivity index (χ0v) is 10.8. The maximum absolute atomic E-state index is 11.6. The first-order valence-electron chi connectivity index (χ1n) is 5.96. The number of fused-ring (bicyclic) bond motifs is 1. The molecule has 3 nitrogen and oxygen atoms in total. The number of ether oxygens (including phenoxy) is 2. The molecule has 0 N–H and O–H groups in total. The summed E-state index contributed by atoms with van der Waals surface area (Å²) in [6, 6.07) is 5.93. The van der Waals surface area contributed by atoms with Crippen LogP contribution in [0.4, 0.5) is 0 Å². The average molecular weight is 244 g/mol. The predicted molar refractivity (Wildman–Crippen MR) is 70.2 cm³/mol. The van der Waals surface area contributed by atoms with Crippen LogP contribution in [0.1, 0.15) is 25.0 Å². The number of carbonyl (C=O) groups is 1. The van der Waals surface area contributed by atoms with Crippen molar-refractivity contribution >= 4 is 12.0 Å². The lowest BCUT2D eigenvalue weighted by Crippen LogP contribution is -2.11. The number of hydrogen-bond acceptors (Lipinski definition) is 3. The van der Waals surface area contributed by atoms with Gasteiger partial charge in [-0.3, -0.25) is 0 Å². The fourth-order valence-corrected chi connectivity index (χ4v) is 1.75. The highest BCUT2D eigenvalue weighted by atomic mass is 16.5. The molecule has 1 aromatic carbocycles. The molecule has 0 aliphatic carbocycles. The number of rotatable bonds is 2. The number of esters is 1. The third-order valence-electron chi connectivity index (χ3n) is 2.75. The number of benzene rings is 1. The highest BCUT2D eigenvalue weighted by molar-refractivity contribution is 5.89. The molecule has 0 saturated heterocycles. The van der Waals surface area contributed by atoms with Crippen LogP contribution in [0, 0.1) is 6.92 Å². The molecule has 0 saturated carbocycles. The molecule has 1 heterocycles. The quantitative estimate of drug-likeness (QED) is 0.592. The van der Waals surface area contributed by atoms with Gasteiger partial charge in [-0.2, -0.15) is 0 Å². The van der Waals surface area contributed by atoms with Crippen molar-refractivity contribution in [2.75, 3.05) is 6.61 Å². The molecule has 0 amide bonds. The Hall–Kier alpha value is -2.03. The van der Waals surface area contributed by atoms with E-state index in [0.717, 1.165) is 11.3 Å². The molecule has 2 rings (SSSR count). The Morgan fingerprint density at radius 1 is 1.33 bits per heavy atom. The molecule has 1 aliphatic rings. The molecule has 0 spiro atoms. The van der Waals surface area contributed by atoms with Crippen LogP contribution >= 0.6 is 0 Å². The van der Waals surface area contributed by atoms with Crippen LogP contribution in [0.3, 0.4) is 0 Å². The summed E-state index contributed by atoms with van der Waals surface area (Å²) in [6.45, 7) is 5.88. The molecule has 0 radical (unpaired) electrons. The Morgan fingerprint density at radius 3 is 2.83 bits per heavy atom. The molecule has 1 aliphatic heterocycles. The van der Waals surface area contributed by atoms with Gasteiger partial charge in [0.1, 0.15) is 11.5 Å². The molecule has 0 unspecified atom stereocenters. The van der Waals surface area contributed by atoms with Crippen LogP contribution in [0.5, 0.6) is 5.75 Å². The van der Waals surface area contributed by atoms with Gasteiger partial charge >= 0.3 is 5.97 Å². The highest BCUT2D eigenvalue weighted by Gasteiger charge is 2.16. The highest BCUT2D eigenvalue weighted by Crippen LogP contribution is 2.29. The maximum Gasteiger partial charge on any atom is 0.337 e. The summed E-state index contributed by atoms with van der Waals surface area (Å²) in [6.07, 6.45) is 3.75. The molecule has 0 atom stereocenters. The zero-order chi connectivity index (χ0) is 13.1. The topological polar surface area (TPSA) is 35.5 Å². The lowest BCUT2D eigenvalue weighted by Gasteiger charge is -2.16. The van der Waals surface area contributed by atoms with Crippen LogP contribution in [0.15, 0.2) is 35.6 Å². The van der Waals surface area contributed by atoms with E-state index in [1.54, 1.807) is 19.9 Å². The van der Waals surface area contributed by atoms with Crippen LogP contribution in [-0.4, -0.2) is 12.6 Å². The van der Waals surface area contributed by atoms with Gasteiger partial charge in [-0.05, 0) is 45.1 Å². The smallest absolute Gasteiger partial charge is 0.337 e. The molecule has 94 valence electrons.